The topological polar surface area (TPSA) is 63.2 Å². The third-order valence-corrected chi connectivity index (χ3v) is 6.49. The van der Waals surface area contributed by atoms with Crippen LogP contribution >= 0.6 is 0 Å². The van der Waals surface area contributed by atoms with Crippen LogP contribution in [0.1, 0.15) is 43.0 Å². The number of imide groups is 1. The monoisotopic (exact) mass is 485 g/mol. The Hall–Kier alpha value is -4.64. The molecule has 37 heavy (non-hydrogen) atoms. The average molecular weight is 486 g/mol. The van der Waals surface area contributed by atoms with Gasteiger partial charge < -0.3 is 0 Å². The van der Waals surface area contributed by atoms with Crippen LogP contribution in [0.15, 0.2) is 91.1 Å². The van der Waals surface area contributed by atoms with E-state index in [4.69, 9.17) is 4.98 Å². The number of anilines is 1. The second-order valence-corrected chi connectivity index (χ2v) is 9.35. The minimum atomic E-state index is -0.418. The van der Waals surface area contributed by atoms with Gasteiger partial charge in [0.1, 0.15) is 0 Å². The maximum atomic E-state index is 14.2. The Morgan fingerprint density at radius 1 is 0.649 bits per heavy atom. The number of aryl methyl sites for hydroxylation is 4. The summed E-state index contributed by atoms with van der Waals surface area (Å²) in [4.78, 5) is 39.0. The molecule has 0 N–H and O–H groups in total. The lowest BCUT2D eigenvalue weighted by atomic mass is 10.0. The number of carbonyl (C=O) groups excluding carboxylic acids is 2. The number of aromatic nitrogens is 2. The number of pyridine rings is 2. The molecule has 0 atom stereocenters. The molecule has 5 aromatic rings. The van der Waals surface area contributed by atoms with Gasteiger partial charge in [0.05, 0.1) is 11.4 Å². The Morgan fingerprint density at radius 3 is 1.81 bits per heavy atom. The van der Waals surface area contributed by atoms with Gasteiger partial charge in [-0.15, -0.1) is 0 Å². The van der Waals surface area contributed by atoms with Crippen molar-refractivity contribution in [1.29, 1.82) is 0 Å². The molecule has 5 heteroatoms. The van der Waals surface area contributed by atoms with Crippen molar-refractivity contribution in [3.05, 3.63) is 125 Å². The zero-order chi connectivity index (χ0) is 26.1. The van der Waals surface area contributed by atoms with Crippen molar-refractivity contribution in [3.8, 4) is 11.4 Å². The fraction of sp³-hybridized carbons (Fsp3) is 0.125. The average Bonchev–Trinajstić information content (AvgIpc) is 2.89. The number of benzene rings is 3. The van der Waals surface area contributed by atoms with Crippen LogP contribution < -0.4 is 4.90 Å². The minimum absolute atomic E-state index is 0.286. The lowest BCUT2D eigenvalue weighted by Crippen LogP contribution is -2.38. The predicted molar refractivity (Wildman–Crippen MR) is 148 cm³/mol. The summed E-state index contributed by atoms with van der Waals surface area (Å²) in [6, 6.07) is 26.4. The van der Waals surface area contributed by atoms with Gasteiger partial charge in [0.2, 0.25) is 0 Å². The largest absolute Gasteiger partial charge is 0.268 e. The molecule has 0 radical (unpaired) electrons. The predicted octanol–water partition coefficient (Wildman–Crippen LogP) is 7.02. The Balaban J connectivity index is 1.78. The van der Waals surface area contributed by atoms with Crippen molar-refractivity contribution < 1.29 is 9.59 Å². The Morgan fingerprint density at radius 2 is 1.24 bits per heavy atom. The zero-order valence-corrected chi connectivity index (χ0v) is 21.3. The number of fused-ring (bicyclic) bond motifs is 1. The van der Waals surface area contributed by atoms with Crippen LogP contribution in [0.25, 0.3) is 22.2 Å². The molecule has 0 bridgehead atoms. The molecule has 0 aliphatic rings. The molecule has 0 fully saturated rings. The molecule has 0 aliphatic heterocycles. The highest BCUT2D eigenvalue weighted by atomic mass is 16.2. The van der Waals surface area contributed by atoms with E-state index >= 15 is 0 Å². The number of amides is 2. The van der Waals surface area contributed by atoms with Crippen LogP contribution in [-0.2, 0) is 0 Å². The minimum Gasteiger partial charge on any atom is -0.268 e. The van der Waals surface area contributed by atoms with Gasteiger partial charge in [0.15, 0.2) is 5.82 Å². The molecule has 3 aromatic carbocycles. The van der Waals surface area contributed by atoms with Crippen molar-refractivity contribution in [3.63, 3.8) is 0 Å². The quantitative estimate of drug-likeness (QED) is 0.257. The summed E-state index contributed by atoms with van der Waals surface area (Å²) in [5, 5.41) is 1.57. The summed E-state index contributed by atoms with van der Waals surface area (Å²) < 4.78 is 0. The number of nitrogens with zero attached hydrogens (tertiary/aromatic N) is 3. The van der Waals surface area contributed by atoms with Gasteiger partial charge in [0, 0.05) is 22.7 Å². The molecule has 182 valence electrons. The van der Waals surface area contributed by atoms with Gasteiger partial charge in [0.25, 0.3) is 11.8 Å². The molecule has 2 amide bonds. The molecule has 5 nitrogen and oxygen atoms in total. The zero-order valence-electron chi connectivity index (χ0n) is 21.3. The van der Waals surface area contributed by atoms with Crippen molar-refractivity contribution >= 4 is 28.4 Å². The van der Waals surface area contributed by atoms with Gasteiger partial charge in [-0.1, -0.05) is 65.7 Å². The van der Waals surface area contributed by atoms with E-state index in [1.54, 1.807) is 18.3 Å². The highest BCUT2D eigenvalue weighted by Crippen LogP contribution is 2.32. The Kier molecular flexibility index (Phi) is 6.36. The van der Waals surface area contributed by atoms with Gasteiger partial charge >= 0.3 is 0 Å². The standard InChI is InChI=1S/C32H27N3O2/c1-20-12-14-25(22(3)17-20)31(36)35(32(37)26-15-13-21(2)18-23(26)4)30-27-10-6-5-9-24(27)19-29(34-30)28-11-7-8-16-33-28/h5-19H,1-4H3. The first-order chi connectivity index (χ1) is 17.8. The summed E-state index contributed by atoms with van der Waals surface area (Å²) in [7, 11) is 0. The lowest BCUT2D eigenvalue weighted by molar-refractivity contribution is 0.0896. The molecule has 0 unspecified atom stereocenters. The Labute approximate surface area is 216 Å². The number of hydrogen-bond donors (Lipinski definition) is 0. The molecule has 0 aliphatic carbocycles. The number of rotatable bonds is 4. The SMILES string of the molecule is Cc1ccc(C(=O)N(C(=O)c2ccc(C)cc2C)c2nc(-c3ccccn3)cc3ccccc23)c(C)c1. The molecule has 0 saturated carbocycles. The first-order valence-electron chi connectivity index (χ1n) is 12.2. The normalized spacial score (nSPS) is 10.9. The lowest BCUT2D eigenvalue weighted by Gasteiger charge is -2.24. The molecule has 5 rings (SSSR count). The highest BCUT2D eigenvalue weighted by Gasteiger charge is 2.31. The van der Waals surface area contributed by atoms with Gasteiger partial charge in [-0.05, 0) is 74.5 Å². The highest BCUT2D eigenvalue weighted by molar-refractivity contribution is 6.28. The van der Waals surface area contributed by atoms with Crippen LogP contribution in [0.2, 0.25) is 0 Å². The Bertz CT molecular complexity index is 1590. The third-order valence-electron chi connectivity index (χ3n) is 6.49. The summed E-state index contributed by atoms with van der Waals surface area (Å²) >= 11 is 0. The van der Waals surface area contributed by atoms with E-state index < -0.39 is 11.8 Å². The van der Waals surface area contributed by atoms with E-state index in [9.17, 15) is 9.59 Å². The maximum absolute atomic E-state index is 14.2. The second-order valence-electron chi connectivity index (χ2n) is 9.35. The van der Waals surface area contributed by atoms with Crippen LogP contribution in [-0.4, -0.2) is 21.8 Å². The molecule has 0 spiro atoms. The first kappa shape index (κ1) is 24.1. The van der Waals surface area contributed by atoms with E-state index in [-0.39, 0.29) is 5.82 Å². The molecule has 2 aromatic heterocycles. The fourth-order valence-electron chi connectivity index (χ4n) is 4.63. The van der Waals surface area contributed by atoms with Gasteiger partial charge in [-0.2, -0.15) is 0 Å². The van der Waals surface area contributed by atoms with E-state index in [1.165, 1.54) is 4.90 Å². The van der Waals surface area contributed by atoms with Crippen LogP contribution in [0.4, 0.5) is 5.82 Å². The van der Waals surface area contributed by atoms with Gasteiger partial charge in [-0.3, -0.25) is 14.6 Å². The van der Waals surface area contributed by atoms with E-state index in [0.717, 1.165) is 27.6 Å². The first-order valence-corrected chi connectivity index (χ1v) is 12.2. The fourth-order valence-corrected chi connectivity index (χ4v) is 4.63. The smallest absolute Gasteiger partial charge is 0.266 e. The molecular weight excluding hydrogens is 458 g/mol. The van der Waals surface area contributed by atoms with Crippen molar-refractivity contribution in [2.24, 2.45) is 0 Å². The van der Waals surface area contributed by atoms with E-state index in [1.807, 2.05) is 100 Å². The summed E-state index contributed by atoms with van der Waals surface area (Å²) in [6.07, 6.45) is 1.70. The number of carbonyl (C=O) groups is 2. The molecule has 0 saturated heterocycles. The molecule has 2 heterocycles. The van der Waals surface area contributed by atoms with E-state index in [2.05, 4.69) is 4.98 Å². The third kappa shape index (κ3) is 4.64. The summed E-state index contributed by atoms with van der Waals surface area (Å²) in [5.74, 6) is -0.551. The maximum Gasteiger partial charge on any atom is 0.266 e. The molecular formula is C32H27N3O2. The van der Waals surface area contributed by atoms with Crippen molar-refractivity contribution in [2.75, 3.05) is 4.90 Å². The summed E-state index contributed by atoms with van der Waals surface area (Å²) in [6.45, 7) is 7.72. The van der Waals surface area contributed by atoms with Crippen LogP contribution in [0.5, 0.6) is 0 Å². The van der Waals surface area contributed by atoms with Crippen molar-refractivity contribution in [1.82, 2.24) is 9.97 Å². The van der Waals surface area contributed by atoms with E-state index in [0.29, 0.717) is 27.9 Å². The van der Waals surface area contributed by atoms with Crippen molar-refractivity contribution in [2.45, 2.75) is 27.7 Å². The van der Waals surface area contributed by atoms with Crippen LogP contribution in [0.3, 0.4) is 0 Å². The van der Waals surface area contributed by atoms with Crippen LogP contribution in [0, 0.1) is 27.7 Å². The second kappa shape index (κ2) is 9.78. The number of hydrogen-bond acceptors (Lipinski definition) is 4. The summed E-state index contributed by atoms with van der Waals surface area (Å²) in [5.41, 5.74) is 5.84. The van der Waals surface area contributed by atoms with Gasteiger partial charge in [-0.25, -0.2) is 9.88 Å².